The molecule has 4 N–H and O–H groups in total. The Hall–Kier alpha value is -3.70. The van der Waals surface area contributed by atoms with Gasteiger partial charge in [-0.05, 0) is 61.0 Å². The highest BCUT2D eigenvalue weighted by Gasteiger charge is 2.68. The zero-order valence-corrected chi connectivity index (χ0v) is 25.6. The van der Waals surface area contributed by atoms with Crippen LogP contribution >= 0.6 is 0 Å². The maximum atomic E-state index is 13.8. The molecular weight excluding hydrogens is 582 g/mol. The van der Waals surface area contributed by atoms with Crippen molar-refractivity contribution in [3.05, 3.63) is 47.5 Å². The predicted octanol–water partition coefficient (Wildman–Crippen LogP) is 2.62. The van der Waals surface area contributed by atoms with Gasteiger partial charge in [-0.25, -0.2) is 4.79 Å². The first-order valence-corrected chi connectivity index (χ1v) is 15.6. The second-order valence-electron chi connectivity index (χ2n) is 13.6. The molecule has 11 heteroatoms. The van der Waals surface area contributed by atoms with Crippen LogP contribution in [0, 0.1) is 28.6 Å². The Balaban J connectivity index is 1.17. The number of rotatable bonds is 10. The van der Waals surface area contributed by atoms with E-state index in [2.05, 4.69) is 12.2 Å². The number of fused-ring (bicyclic) bond motifs is 5. The number of Topliss-reactive ketones (excluding diaryl/α,β-unsaturated/α-hetero) is 2. The first kappa shape index (κ1) is 32.7. The summed E-state index contributed by atoms with van der Waals surface area (Å²) in [5.41, 5.74) is -1.96. The molecule has 0 unspecified atom stereocenters. The SMILES string of the molecule is C[C@]12CCC(=O)C=C1CC[C@@H]1[C@@H]2C(=O)C[C@@]2(C)[C@H]1CC[C@]2(O)C(=O)COC(=O)CCC(=O)N[C@H](C(=O)O)[C@H](O)c1ccccc1. The molecule has 4 aliphatic carbocycles. The van der Waals surface area contributed by atoms with E-state index < -0.39 is 71.7 Å². The summed E-state index contributed by atoms with van der Waals surface area (Å²) in [5.74, 6) is -4.12. The maximum Gasteiger partial charge on any atom is 0.329 e. The number of amides is 1. The van der Waals surface area contributed by atoms with E-state index in [1.807, 2.05) is 0 Å². The molecule has 1 aromatic carbocycles. The summed E-state index contributed by atoms with van der Waals surface area (Å²) < 4.78 is 5.14. The van der Waals surface area contributed by atoms with E-state index in [-0.39, 0.29) is 42.2 Å². The molecule has 1 amide bonds. The van der Waals surface area contributed by atoms with Gasteiger partial charge in [-0.1, -0.05) is 49.8 Å². The number of benzene rings is 1. The van der Waals surface area contributed by atoms with Crippen LogP contribution in [0.2, 0.25) is 0 Å². The van der Waals surface area contributed by atoms with Gasteiger partial charge in [-0.3, -0.25) is 24.0 Å². The van der Waals surface area contributed by atoms with Gasteiger partial charge in [0, 0.05) is 30.6 Å². The molecule has 0 radical (unpaired) electrons. The third-order valence-corrected chi connectivity index (χ3v) is 11.2. The lowest BCUT2D eigenvalue weighted by atomic mass is 9.46. The van der Waals surface area contributed by atoms with Gasteiger partial charge in [-0.15, -0.1) is 0 Å². The number of carboxylic acids is 1. The lowest BCUT2D eigenvalue weighted by Crippen LogP contribution is -2.61. The molecule has 242 valence electrons. The number of carbonyl (C=O) groups excluding carboxylic acids is 5. The lowest BCUT2D eigenvalue weighted by molar-refractivity contribution is -0.173. The Morgan fingerprint density at radius 1 is 1.02 bits per heavy atom. The van der Waals surface area contributed by atoms with E-state index in [1.54, 1.807) is 31.2 Å². The Kier molecular flexibility index (Phi) is 8.89. The van der Waals surface area contributed by atoms with Gasteiger partial charge in [0.05, 0.1) is 6.42 Å². The number of carbonyl (C=O) groups is 6. The minimum absolute atomic E-state index is 0.00520. The average Bonchev–Trinajstić information content (AvgIpc) is 3.28. The van der Waals surface area contributed by atoms with E-state index in [9.17, 15) is 44.1 Å². The van der Waals surface area contributed by atoms with Crippen molar-refractivity contribution in [3.63, 3.8) is 0 Å². The lowest BCUT2D eigenvalue weighted by Gasteiger charge is -2.57. The summed E-state index contributed by atoms with van der Waals surface area (Å²) in [5, 5.41) is 33.9. The Labute approximate surface area is 261 Å². The highest BCUT2D eigenvalue weighted by molar-refractivity contribution is 5.95. The molecule has 11 nitrogen and oxygen atoms in total. The summed E-state index contributed by atoms with van der Waals surface area (Å²) >= 11 is 0. The average molecular weight is 624 g/mol. The van der Waals surface area contributed by atoms with Crippen molar-refractivity contribution >= 4 is 35.2 Å². The topological polar surface area (TPSA) is 184 Å². The molecular formula is C34H41NO10. The van der Waals surface area contributed by atoms with Crippen LogP contribution in [0.1, 0.15) is 83.3 Å². The molecule has 0 aliphatic heterocycles. The van der Waals surface area contributed by atoms with Crippen LogP contribution in [0.4, 0.5) is 0 Å². The van der Waals surface area contributed by atoms with Crippen LogP contribution in [0.25, 0.3) is 0 Å². The van der Waals surface area contributed by atoms with Crippen molar-refractivity contribution in [2.75, 3.05) is 6.61 Å². The number of allylic oxidation sites excluding steroid dienone is 1. The normalized spacial score (nSPS) is 33.5. The number of aliphatic carboxylic acids is 1. The predicted molar refractivity (Wildman–Crippen MR) is 158 cm³/mol. The van der Waals surface area contributed by atoms with Gasteiger partial charge in [0.1, 0.15) is 17.5 Å². The second kappa shape index (κ2) is 12.2. The third-order valence-electron chi connectivity index (χ3n) is 11.2. The van der Waals surface area contributed by atoms with Gasteiger partial charge in [0.2, 0.25) is 11.7 Å². The van der Waals surface area contributed by atoms with Crippen LogP contribution in [0.3, 0.4) is 0 Å². The Morgan fingerprint density at radius 2 is 1.73 bits per heavy atom. The number of carboxylic acid groups (broad SMARTS) is 1. The summed E-state index contributed by atoms with van der Waals surface area (Å²) in [6, 6.07) is 6.33. The van der Waals surface area contributed by atoms with Gasteiger partial charge in [0.25, 0.3) is 0 Å². The number of esters is 1. The number of ether oxygens (including phenoxy) is 1. The summed E-state index contributed by atoms with van der Waals surface area (Å²) in [4.78, 5) is 75.9. The van der Waals surface area contributed by atoms with Crippen molar-refractivity contribution in [3.8, 4) is 0 Å². The van der Waals surface area contributed by atoms with Gasteiger partial charge in [0.15, 0.2) is 18.4 Å². The number of ketones is 3. The molecule has 0 spiro atoms. The first-order valence-electron chi connectivity index (χ1n) is 15.6. The largest absolute Gasteiger partial charge is 0.480 e. The van der Waals surface area contributed by atoms with Gasteiger partial charge >= 0.3 is 11.9 Å². The fourth-order valence-electron chi connectivity index (χ4n) is 8.76. The molecule has 0 saturated heterocycles. The highest BCUT2D eigenvalue weighted by Crippen LogP contribution is 2.66. The zero-order chi connectivity index (χ0) is 32.7. The zero-order valence-electron chi connectivity index (χ0n) is 25.6. The quantitative estimate of drug-likeness (QED) is 0.283. The molecule has 4 aliphatic rings. The van der Waals surface area contributed by atoms with E-state index >= 15 is 0 Å². The van der Waals surface area contributed by atoms with Crippen molar-refractivity contribution in [1.82, 2.24) is 5.32 Å². The van der Waals surface area contributed by atoms with E-state index in [4.69, 9.17) is 4.74 Å². The van der Waals surface area contributed by atoms with E-state index in [1.165, 1.54) is 12.1 Å². The standard InChI is InChI=1S/C34H41NO10/c1-32-14-12-21(36)16-20(32)8-9-22-23-13-15-34(44,33(23,2)17-24(37)28(22)32)25(38)18-45-27(40)11-10-26(39)35-29(31(42)43)30(41)19-6-4-3-5-7-19/h3-7,16,22-23,28-30,41,44H,8-15,17-18H2,1-2H3,(H,35,39)(H,42,43)/t22-,23-,28+,29-,30+,32-,33-,34-/m0/s1. The van der Waals surface area contributed by atoms with Crippen LogP contribution in [-0.4, -0.2) is 68.8 Å². The molecule has 0 aromatic heterocycles. The number of nitrogens with one attached hydrogen (secondary N) is 1. The van der Waals surface area contributed by atoms with Crippen molar-refractivity contribution in [1.29, 1.82) is 0 Å². The molecule has 0 heterocycles. The van der Waals surface area contributed by atoms with E-state index in [0.717, 1.165) is 5.57 Å². The van der Waals surface area contributed by atoms with E-state index in [0.29, 0.717) is 37.7 Å². The van der Waals surface area contributed by atoms with Crippen molar-refractivity contribution in [2.45, 2.75) is 89.4 Å². The molecule has 5 rings (SSSR count). The van der Waals surface area contributed by atoms with Gasteiger partial charge in [-0.2, -0.15) is 0 Å². The monoisotopic (exact) mass is 623 g/mol. The van der Waals surface area contributed by atoms with Crippen molar-refractivity contribution < 1.29 is 48.8 Å². The van der Waals surface area contributed by atoms with Crippen molar-refractivity contribution in [2.24, 2.45) is 28.6 Å². The molecule has 8 atom stereocenters. The van der Waals surface area contributed by atoms with Crippen LogP contribution in [0.15, 0.2) is 42.0 Å². The minimum Gasteiger partial charge on any atom is -0.480 e. The maximum absolute atomic E-state index is 13.8. The Morgan fingerprint density at radius 3 is 2.42 bits per heavy atom. The summed E-state index contributed by atoms with van der Waals surface area (Å²) in [7, 11) is 0. The molecule has 0 bridgehead atoms. The fourth-order valence-corrected chi connectivity index (χ4v) is 8.76. The fraction of sp³-hybridized carbons (Fsp3) is 0.588. The summed E-state index contributed by atoms with van der Waals surface area (Å²) in [6.45, 7) is 3.13. The molecule has 3 saturated carbocycles. The molecule has 1 aromatic rings. The first-order chi connectivity index (χ1) is 21.2. The van der Waals surface area contributed by atoms with Crippen LogP contribution in [-0.2, 0) is 33.5 Å². The van der Waals surface area contributed by atoms with Gasteiger partial charge < -0.3 is 25.4 Å². The highest BCUT2D eigenvalue weighted by atomic mass is 16.5. The number of hydrogen-bond donors (Lipinski definition) is 4. The number of aliphatic hydroxyl groups is 2. The van der Waals surface area contributed by atoms with Crippen LogP contribution < -0.4 is 5.32 Å². The number of hydrogen-bond acceptors (Lipinski definition) is 9. The summed E-state index contributed by atoms with van der Waals surface area (Å²) in [6.07, 6.45) is 2.45. The number of aliphatic hydroxyl groups excluding tert-OH is 1. The molecule has 45 heavy (non-hydrogen) atoms. The third kappa shape index (κ3) is 5.76. The second-order valence-corrected chi connectivity index (χ2v) is 13.6. The Bertz CT molecular complexity index is 1440. The minimum atomic E-state index is -1.86. The molecule has 3 fully saturated rings. The van der Waals surface area contributed by atoms with Crippen LogP contribution in [0.5, 0.6) is 0 Å². The smallest absolute Gasteiger partial charge is 0.329 e.